The molecule has 0 unspecified atom stereocenters. The van der Waals surface area contributed by atoms with E-state index < -0.39 is 0 Å². The fourth-order valence-electron chi connectivity index (χ4n) is 2.60. The Balaban J connectivity index is 2.00. The van der Waals surface area contributed by atoms with Crippen LogP contribution in [0.4, 0.5) is 0 Å². The van der Waals surface area contributed by atoms with Gasteiger partial charge < -0.3 is 4.74 Å². The topological polar surface area (TPSA) is 69.9 Å². The summed E-state index contributed by atoms with van der Waals surface area (Å²) in [7, 11) is 0. The van der Waals surface area contributed by atoms with Crippen LogP contribution in [0, 0.1) is 6.92 Å². The average molecular weight is 338 g/mol. The van der Waals surface area contributed by atoms with Crippen molar-refractivity contribution in [2.75, 3.05) is 6.61 Å². The monoisotopic (exact) mass is 338 g/mol. The van der Waals surface area contributed by atoms with E-state index in [4.69, 9.17) is 4.74 Å². The molecule has 1 aromatic carbocycles. The van der Waals surface area contributed by atoms with Crippen molar-refractivity contribution in [3.8, 4) is 11.4 Å². The number of hydrogen-bond acceptors (Lipinski definition) is 6. The maximum atomic E-state index is 12.9. The number of thiophene rings is 1. The van der Waals surface area contributed by atoms with Gasteiger partial charge >= 0.3 is 0 Å². The second-order valence-corrected chi connectivity index (χ2v) is 6.36. The molecule has 120 valence electrons. The Bertz CT molecular complexity index is 1100. The summed E-state index contributed by atoms with van der Waals surface area (Å²) in [6, 6.07) is 7.75. The molecule has 0 atom stereocenters. The van der Waals surface area contributed by atoms with Gasteiger partial charge in [0.05, 0.1) is 23.9 Å². The molecule has 0 N–H and O–H groups in total. The van der Waals surface area contributed by atoms with Gasteiger partial charge in [0, 0.05) is 0 Å². The number of nitrogens with zero attached hydrogens (tertiary/aromatic N) is 4. The summed E-state index contributed by atoms with van der Waals surface area (Å²) in [6.45, 7) is 4.42. The average Bonchev–Trinajstić information content (AvgIpc) is 2.97. The summed E-state index contributed by atoms with van der Waals surface area (Å²) < 4.78 is 7.71. The van der Waals surface area contributed by atoms with Crippen LogP contribution >= 0.6 is 11.3 Å². The summed E-state index contributed by atoms with van der Waals surface area (Å²) in [4.78, 5) is 18.0. The number of aromatic nitrogens is 4. The summed E-state index contributed by atoms with van der Waals surface area (Å²) in [5.74, 6) is 0.605. The minimum atomic E-state index is -0.116. The van der Waals surface area contributed by atoms with Gasteiger partial charge in [0.1, 0.15) is 16.5 Å². The molecule has 0 amide bonds. The predicted octanol–water partition coefficient (Wildman–Crippen LogP) is 3.10. The van der Waals surface area contributed by atoms with Crippen molar-refractivity contribution in [1.82, 2.24) is 19.7 Å². The number of hydrogen-bond donors (Lipinski definition) is 0. The lowest BCUT2D eigenvalue weighted by Gasteiger charge is -2.06. The number of ether oxygens (including phenoxy) is 1. The fraction of sp³-hybridized carbons (Fsp3) is 0.176. The third kappa shape index (κ3) is 2.25. The van der Waals surface area contributed by atoms with Crippen LogP contribution in [-0.4, -0.2) is 26.4 Å². The molecule has 0 radical (unpaired) electrons. The Morgan fingerprint density at radius 2 is 2.04 bits per heavy atom. The van der Waals surface area contributed by atoms with Gasteiger partial charge in [-0.1, -0.05) is 17.7 Å². The SMILES string of the molecule is CCOc1cnnc2sc3c(=O)n(-c4ccc(C)cc4)cnc3c12. The predicted molar refractivity (Wildman–Crippen MR) is 94.2 cm³/mol. The van der Waals surface area contributed by atoms with Crippen molar-refractivity contribution in [3.05, 3.63) is 52.7 Å². The molecular formula is C17H14N4O2S. The molecule has 3 heterocycles. The largest absolute Gasteiger partial charge is 0.491 e. The van der Waals surface area contributed by atoms with Crippen molar-refractivity contribution >= 4 is 31.8 Å². The molecule has 4 aromatic rings. The van der Waals surface area contributed by atoms with Crippen molar-refractivity contribution < 1.29 is 4.74 Å². The van der Waals surface area contributed by atoms with E-state index in [-0.39, 0.29) is 5.56 Å². The zero-order chi connectivity index (χ0) is 16.7. The second-order valence-electron chi connectivity index (χ2n) is 5.36. The zero-order valence-electron chi connectivity index (χ0n) is 13.2. The molecule has 0 aliphatic heterocycles. The highest BCUT2D eigenvalue weighted by molar-refractivity contribution is 7.25. The zero-order valence-corrected chi connectivity index (χ0v) is 14.0. The van der Waals surface area contributed by atoms with Gasteiger partial charge in [0.25, 0.3) is 5.56 Å². The van der Waals surface area contributed by atoms with Gasteiger partial charge in [-0.2, -0.15) is 5.10 Å². The normalized spacial score (nSPS) is 11.2. The molecule has 0 fully saturated rings. The molecule has 0 bridgehead atoms. The first-order valence-corrected chi connectivity index (χ1v) is 8.36. The van der Waals surface area contributed by atoms with Gasteiger partial charge in [-0.3, -0.25) is 9.36 Å². The van der Waals surface area contributed by atoms with Crippen LogP contribution in [0.1, 0.15) is 12.5 Å². The first-order valence-electron chi connectivity index (χ1n) is 7.54. The molecule has 7 heteroatoms. The third-order valence-corrected chi connectivity index (χ3v) is 4.81. The second kappa shape index (κ2) is 5.68. The highest BCUT2D eigenvalue weighted by Crippen LogP contribution is 2.34. The van der Waals surface area contributed by atoms with Crippen LogP contribution in [0.15, 0.2) is 41.6 Å². The highest BCUT2D eigenvalue weighted by Gasteiger charge is 2.17. The molecule has 6 nitrogen and oxygen atoms in total. The third-order valence-electron chi connectivity index (χ3n) is 3.76. The Kier molecular flexibility index (Phi) is 3.50. The van der Waals surface area contributed by atoms with E-state index in [1.54, 1.807) is 17.1 Å². The molecule has 4 rings (SSSR count). The van der Waals surface area contributed by atoms with Crippen LogP contribution in [0.2, 0.25) is 0 Å². The van der Waals surface area contributed by atoms with E-state index in [2.05, 4.69) is 15.2 Å². The van der Waals surface area contributed by atoms with Gasteiger partial charge in [-0.15, -0.1) is 16.4 Å². The molecule has 0 aliphatic rings. The molecule has 24 heavy (non-hydrogen) atoms. The number of benzene rings is 1. The quantitative estimate of drug-likeness (QED) is 0.574. The number of fused-ring (bicyclic) bond motifs is 3. The molecule has 3 aromatic heterocycles. The van der Waals surface area contributed by atoms with E-state index in [1.165, 1.54) is 11.3 Å². The molecule has 0 saturated carbocycles. The number of aryl methyl sites for hydroxylation is 1. The summed E-state index contributed by atoms with van der Waals surface area (Å²) in [5.41, 5.74) is 2.42. The van der Waals surface area contributed by atoms with E-state index >= 15 is 0 Å². The minimum Gasteiger partial charge on any atom is -0.491 e. The maximum Gasteiger partial charge on any atom is 0.275 e. The van der Waals surface area contributed by atoms with E-state index in [0.717, 1.165) is 16.6 Å². The molecule has 0 aliphatic carbocycles. The summed E-state index contributed by atoms with van der Waals surface area (Å²) in [5, 5.41) is 8.81. The number of rotatable bonds is 3. The lowest BCUT2D eigenvalue weighted by atomic mass is 10.2. The lowest BCUT2D eigenvalue weighted by Crippen LogP contribution is -2.17. The lowest BCUT2D eigenvalue weighted by molar-refractivity contribution is 0.342. The van der Waals surface area contributed by atoms with Crippen LogP contribution in [0.5, 0.6) is 5.75 Å². The van der Waals surface area contributed by atoms with Gasteiger partial charge in [0.2, 0.25) is 0 Å². The van der Waals surface area contributed by atoms with Crippen molar-refractivity contribution in [3.63, 3.8) is 0 Å². The van der Waals surface area contributed by atoms with E-state index in [1.807, 2.05) is 38.1 Å². The van der Waals surface area contributed by atoms with Gasteiger partial charge in [-0.25, -0.2) is 4.98 Å². The van der Waals surface area contributed by atoms with E-state index in [9.17, 15) is 4.79 Å². The fourth-order valence-corrected chi connectivity index (χ4v) is 3.62. The van der Waals surface area contributed by atoms with Gasteiger partial charge in [-0.05, 0) is 26.0 Å². The van der Waals surface area contributed by atoms with Gasteiger partial charge in [0.15, 0.2) is 10.6 Å². The standard InChI is InChI=1S/C17H14N4O2S/c1-3-23-12-8-19-20-16-13(12)14-15(24-16)17(22)21(9-18-14)11-6-4-10(2)5-7-11/h4-9H,3H2,1-2H3. The van der Waals surface area contributed by atoms with Crippen LogP contribution < -0.4 is 10.3 Å². The van der Waals surface area contributed by atoms with Crippen molar-refractivity contribution in [2.24, 2.45) is 0 Å². The molecular weight excluding hydrogens is 324 g/mol. The Morgan fingerprint density at radius 3 is 2.79 bits per heavy atom. The summed E-state index contributed by atoms with van der Waals surface area (Å²) >= 11 is 1.29. The molecule has 0 saturated heterocycles. The maximum absolute atomic E-state index is 12.9. The Morgan fingerprint density at radius 1 is 1.25 bits per heavy atom. The first kappa shape index (κ1) is 14.8. The van der Waals surface area contributed by atoms with Crippen LogP contribution in [0.3, 0.4) is 0 Å². The van der Waals surface area contributed by atoms with E-state index in [0.29, 0.717) is 27.4 Å². The first-order chi connectivity index (χ1) is 11.7. The minimum absolute atomic E-state index is 0.116. The Hall–Kier alpha value is -2.80. The van der Waals surface area contributed by atoms with Crippen LogP contribution in [-0.2, 0) is 0 Å². The molecule has 0 spiro atoms. The smallest absolute Gasteiger partial charge is 0.275 e. The van der Waals surface area contributed by atoms with Crippen molar-refractivity contribution in [2.45, 2.75) is 13.8 Å². The van der Waals surface area contributed by atoms with Crippen molar-refractivity contribution in [1.29, 1.82) is 0 Å². The highest BCUT2D eigenvalue weighted by atomic mass is 32.1. The Labute approximate surface area is 141 Å². The summed E-state index contributed by atoms with van der Waals surface area (Å²) in [6.07, 6.45) is 3.11. The van der Waals surface area contributed by atoms with Crippen LogP contribution in [0.25, 0.3) is 26.1 Å².